The molecule has 0 aliphatic rings. The summed E-state index contributed by atoms with van der Waals surface area (Å²) in [7, 11) is 6.32. The molecular weight excluding hydrogens is 352 g/mol. The highest BCUT2D eigenvalue weighted by Gasteiger charge is 2.20. The molecule has 1 aromatic heterocycles. The largest absolute Gasteiger partial charge is 0.493 e. The van der Waals surface area contributed by atoms with Gasteiger partial charge in [-0.1, -0.05) is 12.1 Å². The normalized spacial score (nSPS) is 10.6. The molecule has 0 aliphatic heterocycles. The van der Waals surface area contributed by atoms with Crippen molar-refractivity contribution >= 4 is 27.5 Å². The van der Waals surface area contributed by atoms with Gasteiger partial charge in [0.1, 0.15) is 5.01 Å². The van der Waals surface area contributed by atoms with E-state index in [1.165, 1.54) is 21.3 Å². The predicted octanol–water partition coefficient (Wildman–Crippen LogP) is 3.59. The quantitative estimate of drug-likeness (QED) is 0.662. The van der Waals surface area contributed by atoms with Crippen molar-refractivity contribution in [3.63, 3.8) is 0 Å². The Morgan fingerprint density at radius 3 is 2.31 bits per heavy atom. The fraction of sp³-hybridized carbons (Fsp3) is 0.263. The van der Waals surface area contributed by atoms with Gasteiger partial charge in [-0.05, 0) is 24.3 Å². The molecule has 0 spiro atoms. The van der Waals surface area contributed by atoms with Crippen LogP contribution < -0.4 is 14.2 Å². The molecule has 0 N–H and O–H groups in total. The first-order valence-corrected chi connectivity index (χ1v) is 8.79. The van der Waals surface area contributed by atoms with E-state index in [1.807, 2.05) is 24.3 Å². The van der Waals surface area contributed by atoms with E-state index in [9.17, 15) is 4.79 Å². The number of amides is 1. The Morgan fingerprint density at radius 1 is 1.08 bits per heavy atom. The molecule has 0 aliphatic carbocycles. The summed E-state index contributed by atoms with van der Waals surface area (Å²) in [4.78, 5) is 19.1. The molecule has 2 aromatic carbocycles. The van der Waals surface area contributed by atoms with Crippen LogP contribution in [0.2, 0.25) is 0 Å². The number of ether oxygens (including phenoxy) is 3. The Bertz CT molecular complexity index is 880. The van der Waals surface area contributed by atoms with Crippen molar-refractivity contribution in [2.45, 2.75) is 6.54 Å². The molecule has 136 valence electrons. The SMILES string of the molecule is COc1cc(C(=O)N(C)Cc2nc3ccccc3s2)cc(OC)c1OC. The number of thiazole rings is 1. The maximum absolute atomic E-state index is 12.9. The van der Waals surface area contributed by atoms with E-state index in [2.05, 4.69) is 4.98 Å². The van der Waals surface area contributed by atoms with E-state index < -0.39 is 0 Å². The number of carbonyl (C=O) groups is 1. The van der Waals surface area contributed by atoms with Crippen molar-refractivity contribution in [1.29, 1.82) is 0 Å². The van der Waals surface area contributed by atoms with Crippen molar-refractivity contribution in [3.8, 4) is 17.2 Å². The maximum Gasteiger partial charge on any atom is 0.254 e. The van der Waals surface area contributed by atoms with Crippen molar-refractivity contribution in [3.05, 3.63) is 47.0 Å². The summed E-state index contributed by atoms with van der Waals surface area (Å²) in [6.45, 7) is 0.425. The minimum absolute atomic E-state index is 0.150. The fourth-order valence-electron chi connectivity index (χ4n) is 2.69. The lowest BCUT2D eigenvalue weighted by atomic mass is 10.1. The van der Waals surface area contributed by atoms with E-state index in [4.69, 9.17) is 14.2 Å². The van der Waals surface area contributed by atoms with Crippen LogP contribution in [0.15, 0.2) is 36.4 Å². The average Bonchev–Trinajstić information content (AvgIpc) is 3.08. The Labute approximate surface area is 155 Å². The van der Waals surface area contributed by atoms with Crippen molar-refractivity contribution < 1.29 is 19.0 Å². The van der Waals surface area contributed by atoms with Crippen LogP contribution in [0.3, 0.4) is 0 Å². The lowest BCUT2D eigenvalue weighted by Gasteiger charge is -2.18. The molecule has 1 amide bonds. The number of benzene rings is 2. The number of nitrogens with zero attached hydrogens (tertiary/aromatic N) is 2. The van der Waals surface area contributed by atoms with Gasteiger partial charge < -0.3 is 19.1 Å². The zero-order valence-electron chi connectivity index (χ0n) is 15.1. The lowest BCUT2D eigenvalue weighted by molar-refractivity contribution is 0.0784. The molecule has 7 heteroatoms. The van der Waals surface area contributed by atoms with Crippen LogP contribution in [-0.4, -0.2) is 44.2 Å². The topological polar surface area (TPSA) is 60.9 Å². The second-order valence-corrected chi connectivity index (χ2v) is 6.77. The van der Waals surface area contributed by atoms with E-state index in [1.54, 1.807) is 35.4 Å². The van der Waals surface area contributed by atoms with Gasteiger partial charge in [0.25, 0.3) is 5.91 Å². The van der Waals surface area contributed by atoms with Gasteiger partial charge in [0.15, 0.2) is 11.5 Å². The average molecular weight is 372 g/mol. The van der Waals surface area contributed by atoms with Crippen molar-refractivity contribution in [2.75, 3.05) is 28.4 Å². The molecule has 26 heavy (non-hydrogen) atoms. The first kappa shape index (κ1) is 18.0. The molecule has 0 atom stereocenters. The summed E-state index contributed by atoms with van der Waals surface area (Å²) in [6.07, 6.45) is 0. The number of hydrogen-bond acceptors (Lipinski definition) is 6. The smallest absolute Gasteiger partial charge is 0.254 e. The highest BCUT2D eigenvalue weighted by molar-refractivity contribution is 7.18. The molecule has 6 nitrogen and oxygen atoms in total. The van der Waals surface area contributed by atoms with Crippen molar-refractivity contribution in [1.82, 2.24) is 9.88 Å². The minimum Gasteiger partial charge on any atom is -0.493 e. The van der Waals surface area contributed by atoms with Crippen LogP contribution in [0.25, 0.3) is 10.2 Å². The first-order chi connectivity index (χ1) is 12.6. The minimum atomic E-state index is -0.150. The second-order valence-electron chi connectivity index (χ2n) is 5.65. The maximum atomic E-state index is 12.9. The number of para-hydroxylation sites is 1. The molecule has 0 unspecified atom stereocenters. The van der Waals surface area contributed by atoms with Gasteiger partial charge >= 0.3 is 0 Å². The highest BCUT2D eigenvalue weighted by atomic mass is 32.1. The van der Waals surface area contributed by atoms with Crippen molar-refractivity contribution in [2.24, 2.45) is 0 Å². The van der Waals surface area contributed by atoms with Crippen LogP contribution in [0.4, 0.5) is 0 Å². The zero-order valence-corrected chi connectivity index (χ0v) is 15.9. The van der Waals surface area contributed by atoms with E-state index in [0.717, 1.165) is 15.2 Å². The lowest BCUT2D eigenvalue weighted by Crippen LogP contribution is -2.26. The van der Waals surface area contributed by atoms with E-state index >= 15 is 0 Å². The summed E-state index contributed by atoms with van der Waals surface area (Å²) < 4.78 is 17.0. The third kappa shape index (κ3) is 3.43. The van der Waals surface area contributed by atoms with Crippen LogP contribution in [0.1, 0.15) is 15.4 Å². The summed E-state index contributed by atoms with van der Waals surface area (Å²) >= 11 is 1.59. The monoisotopic (exact) mass is 372 g/mol. The van der Waals surface area contributed by atoms with E-state index in [0.29, 0.717) is 29.4 Å². The number of aromatic nitrogens is 1. The predicted molar refractivity (Wildman–Crippen MR) is 102 cm³/mol. The number of carbonyl (C=O) groups excluding carboxylic acids is 1. The summed E-state index contributed by atoms with van der Waals surface area (Å²) in [5, 5.41) is 0.884. The third-order valence-electron chi connectivity index (χ3n) is 3.97. The third-order valence-corrected chi connectivity index (χ3v) is 4.99. The number of fused-ring (bicyclic) bond motifs is 1. The molecule has 0 saturated carbocycles. The van der Waals surface area contributed by atoms with Crippen LogP contribution >= 0.6 is 11.3 Å². The molecule has 0 saturated heterocycles. The van der Waals surface area contributed by atoms with Gasteiger partial charge in [-0.2, -0.15) is 0 Å². The number of methoxy groups -OCH3 is 3. The Kier molecular flexibility index (Phi) is 5.27. The highest BCUT2D eigenvalue weighted by Crippen LogP contribution is 2.38. The van der Waals surface area contributed by atoms with Gasteiger partial charge in [-0.15, -0.1) is 11.3 Å². The van der Waals surface area contributed by atoms with Crippen LogP contribution in [-0.2, 0) is 6.54 Å². The van der Waals surface area contributed by atoms with Crippen LogP contribution in [0.5, 0.6) is 17.2 Å². The molecule has 3 aromatic rings. The summed E-state index contributed by atoms with van der Waals surface area (Å²) in [5.74, 6) is 1.20. The molecular formula is C19H20N2O4S. The molecule has 1 heterocycles. The standard InChI is InChI=1S/C19H20N2O4S/c1-21(11-17-20-13-7-5-6-8-16(13)26-17)19(22)12-9-14(23-2)18(25-4)15(10-12)24-3/h5-10H,11H2,1-4H3. The second kappa shape index (κ2) is 7.61. The summed E-state index contributed by atoms with van der Waals surface area (Å²) in [5.41, 5.74) is 1.41. The Hall–Kier alpha value is -2.80. The summed E-state index contributed by atoms with van der Waals surface area (Å²) in [6, 6.07) is 11.2. The molecule has 0 fully saturated rings. The number of hydrogen-bond donors (Lipinski definition) is 0. The Morgan fingerprint density at radius 2 is 1.73 bits per heavy atom. The van der Waals surface area contributed by atoms with Crippen LogP contribution in [0, 0.1) is 0 Å². The van der Waals surface area contributed by atoms with Gasteiger partial charge in [-0.25, -0.2) is 4.98 Å². The zero-order chi connectivity index (χ0) is 18.7. The fourth-order valence-corrected chi connectivity index (χ4v) is 3.71. The molecule has 0 bridgehead atoms. The first-order valence-electron chi connectivity index (χ1n) is 7.97. The van der Waals surface area contributed by atoms with Gasteiger partial charge in [0.05, 0.1) is 38.1 Å². The number of rotatable bonds is 6. The van der Waals surface area contributed by atoms with E-state index in [-0.39, 0.29) is 5.91 Å². The van der Waals surface area contributed by atoms with Gasteiger partial charge in [-0.3, -0.25) is 4.79 Å². The van der Waals surface area contributed by atoms with Gasteiger partial charge in [0.2, 0.25) is 5.75 Å². The molecule has 3 rings (SSSR count). The van der Waals surface area contributed by atoms with Gasteiger partial charge in [0, 0.05) is 12.6 Å². The Balaban J connectivity index is 1.85. The molecule has 0 radical (unpaired) electrons.